The fraction of sp³-hybridized carbons (Fsp3) is 0.938. The summed E-state index contributed by atoms with van der Waals surface area (Å²) in [5, 5.41) is 0. The number of hydrogen-bond donors (Lipinski definition) is 0. The van der Waals surface area contributed by atoms with Crippen molar-refractivity contribution in [1.82, 2.24) is 0 Å². The van der Waals surface area contributed by atoms with Gasteiger partial charge in [-0.1, -0.05) is 33.6 Å². The molecule has 0 spiro atoms. The minimum absolute atomic E-state index is 0.0590. The first kappa shape index (κ1) is 16.5. The number of carbonyl (C=O) groups is 1. The first-order valence-electron chi connectivity index (χ1n) is 7.55. The highest BCUT2D eigenvalue weighted by molar-refractivity contribution is 5.69. The molecule has 1 saturated carbocycles. The van der Waals surface area contributed by atoms with Gasteiger partial charge in [-0.25, -0.2) is 0 Å². The Morgan fingerprint density at radius 1 is 1.05 bits per heavy atom. The van der Waals surface area contributed by atoms with Gasteiger partial charge in [0, 0.05) is 13.5 Å². The quantitative estimate of drug-likeness (QED) is 0.544. The van der Waals surface area contributed by atoms with Crippen molar-refractivity contribution >= 4 is 5.97 Å². The molecule has 0 N–H and O–H groups in total. The largest absolute Gasteiger partial charge is 0.463 e. The van der Waals surface area contributed by atoms with Gasteiger partial charge in [-0.05, 0) is 36.5 Å². The van der Waals surface area contributed by atoms with Crippen molar-refractivity contribution in [1.29, 1.82) is 0 Å². The maximum absolute atomic E-state index is 11.6. The summed E-state index contributed by atoms with van der Waals surface area (Å²) in [5.74, 6) is 1.32. The molecule has 112 valence electrons. The van der Waals surface area contributed by atoms with Gasteiger partial charge in [0.2, 0.25) is 0 Å². The van der Waals surface area contributed by atoms with E-state index in [0.717, 1.165) is 5.92 Å². The van der Waals surface area contributed by atoms with Crippen LogP contribution in [0, 0.1) is 17.3 Å². The van der Waals surface area contributed by atoms with Gasteiger partial charge < -0.3 is 9.47 Å². The topological polar surface area (TPSA) is 35.5 Å². The van der Waals surface area contributed by atoms with Gasteiger partial charge in [0.1, 0.15) is 6.61 Å². The normalized spacial score (nSPS) is 24.2. The summed E-state index contributed by atoms with van der Waals surface area (Å²) in [7, 11) is 1.62. The summed E-state index contributed by atoms with van der Waals surface area (Å²) in [6, 6.07) is 0. The van der Waals surface area contributed by atoms with Crippen molar-refractivity contribution in [2.45, 2.75) is 59.3 Å². The molecule has 0 aromatic carbocycles. The number of rotatable bonds is 6. The Labute approximate surface area is 118 Å². The minimum atomic E-state index is -0.0590. The molecule has 3 heteroatoms. The van der Waals surface area contributed by atoms with Gasteiger partial charge >= 0.3 is 5.97 Å². The average molecular weight is 270 g/mol. The van der Waals surface area contributed by atoms with E-state index >= 15 is 0 Å². The van der Waals surface area contributed by atoms with Crippen molar-refractivity contribution in [3.05, 3.63) is 0 Å². The second-order valence-electron chi connectivity index (χ2n) is 7.07. The Hall–Kier alpha value is -0.570. The van der Waals surface area contributed by atoms with Crippen LogP contribution in [0.4, 0.5) is 0 Å². The summed E-state index contributed by atoms with van der Waals surface area (Å²) < 4.78 is 9.99. The molecular weight excluding hydrogens is 240 g/mol. The van der Waals surface area contributed by atoms with Gasteiger partial charge in [0.25, 0.3) is 0 Å². The standard InChI is InChI=1S/C16H30O3/c1-16(2,3)12-14-7-5-13(6-8-14)11-15(17)19-10-9-18-4/h13-14H,5-12H2,1-4H3. The second kappa shape index (κ2) is 7.88. The molecule has 0 aromatic rings. The van der Waals surface area contributed by atoms with E-state index in [4.69, 9.17) is 9.47 Å². The zero-order valence-electron chi connectivity index (χ0n) is 13.0. The van der Waals surface area contributed by atoms with Crippen molar-refractivity contribution in [3.63, 3.8) is 0 Å². The number of ether oxygens (including phenoxy) is 2. The SMILES string of the molecule is COCCOC(=O)CC1CCC(CC(C)(C)C)CC1. The molecule has 0 heterocycles. The molecule has 1 aliphatic rings. The Bertz CT molecular complexity index is 260. The highest BCUT2D eigenvalue weighted by Gasteiger charge is 2.26. The van der Waals surface area contributed by atoms with E-state index in [1.807, 2.05) is 0 Å². The maximum Gasteiger partial charge on any atom is 0.306 e. The summed E-state index contributed by atoms with van der Waals surface area (Å²) in [6.45, 7) is 7.81. The molecule has 0 amide bonds. The number of carbonyl (C=O) groups excluding carboxylic acids is 1. The zero-order chi connectivity index (χ0) is 14.3. The van der Waals surface area contributed by atoms with Gasteiger partial charge in [-0.2, -0.15) is 0 Å². The van der Waals surface area contributed by atoms with E-state index in [9.17, 15) is 4.79 Å². The summed E-state index contributed by atoms with van der Waals surface area (Å²) >= 11 is 0. The predicted octanol–water partition coefficient (Wildman–Crippen LogP) is 3.81. The number of esters is 1. The van der Waals surface area contributed by atoms with Crippen molar-refractivity contribution in [2.75, 3.05) is 20.3 Å². The van der Waals surface area contributed by atoms with E-state index in [2.05, 4.69) is 20.8 Å². The molecule has 0 radical (unpaired) electrons. The van der Waals surface area contributed by atoms with Crippen molar-refractivity contribution in [2.24, 2.45) is 17.3 Å². The van der Waals surface area contributed by atoms with Crippen LogP contribution in [0.1, 0.15) is 59.3 Å². The smallest absolute Gasteiger partial charge is 0.306 e. The van der Waals surface area contributed by atoms with Gasteiger partial charge in [-0.15, -0.1) is 0 Å². The lowest BCUT2D eigenvalue weighted by atomic mass is 9.74. The first-order valence-corrected chi connectivity index (χ1v) is 7.55. The molecule has 3 nitrogen and oxygen atoms in total. The molecule has 0 atom stereocenters. The monoisotopic (exact) mass is 270 g/mol. The van der Waals surface area contributed by atoms with Crippen LogP contribution in [-0.4, -0.2) is 26.3 Å². The van der Waals surface area contributed by atoms with Crippen LogP contribution < -0.4 is 0 Å². The maximum atomic E-state index is 11.6. The van der Waals surface area contributed by atoms with E-state index in [1.165, 1.54) is 32.1 Å². The van der Waals surface area contributed by atoms with Crippen LogP contribution in [0.2, 0.25) is 0 Å². The van der Waals surface area contributed by atoms with E-state index < -0.39 is 0 Å². The van der Waals surface area contributed by atoms with Crippen LogP contribution in [0.5, 0.6) is 0 Å². The first-order chi connectivity index (χ1) is 8.90. The molecule has 0 aromatic heterocycles. The third-order valence-corrected chi connectivity index (χ3v) is 3.87. The molecular formula is C16H30O3. The average Bonchev–Trinajstić information content (AvgIpc) is 2.30. The van der Waals surface area contributed by atoms with E-state index in [1.54, 1.807) is 7.11 Å². The lowest BCUT2D eigenvalue weighted by Crippen LogP contribution is -2.22. The van der Waals surface area contributed by atoms with Crippen LogP contribution in [0.3, 0.4) is 0 Å². The second-order valence-corrected chi connectivity index (χ2v) is 7.07. The molecule has 1 rings (SSSR count). The van der Waals surface area contributed by atoms with Crippen LogP contribution in [0.15, 0.2) is 0 Å². The molecule has 1 fully saturated rings. The Kier molecular flexibility index (Phi) is 6.84. The lowest BCUT2D eigenvalue weighted by molar-refractivity contribution is -0.146. The van der Waals surface area contributed by atoms with E-state index in [0.29, 0.717) is 31.0 Å². The molecule has 0 saturated heterocycles. The summed E-state index contributed by atoms with van der Waals surface area (Å²) in [5.41, 5.74) is 0.427. The lowest BCUT2D eigenvalue weighted by Gasteiger charge is -2.32. The van der Waals surface area contributed by atoms with Crippen LogP contribution in [-0.2, 0) is 14.3 Å². The van der Waals surface area contributed by atoms with Crippen molar-refractivity contribution in [3.8, 4) is 0 Å². The molecule has 1 aliphatic carbocycles. The number of hydrogen-bond acceptors (Lipinski definition) is 3. The van der Waals surface area contributed by atoms with Gasteiger partial charge in [-0.3, -0.25) is 4.79 Å². The zero-order valence-corrected chi connectivity index (χ0v) is 13.0. The molecule has 0 aliphatic heterocycles. The van der Waals surface area contributed by atoms with Crippen LogP contribution >= 0.6 is 0 Å². The highest BCUT2D eigenvalue weighted by Crippen LogP contribution is 2.37. The van der Waals surface area contributed by atoms with Crippen LogP contribution in [0.25, 0.3) is 0 Å². The Balaban J connectivity index is 2.17. The van der Waals surface area contributed by atoms with Crippen molar-refractivity contribution < 1.29 is 14.3 Å². The fourth-order valence-corrected chi connectivity index (χ4v) is 3.04. The summed E-state index contributed by atoms with van der Waals surface area (Å²) in [4.78, 5) is 11.6. The van der Waals surface area contributed by atoms with Gasteiger partial charge in [0.05, 0.1) is 6.61 Å². The predicted molar refractivity (Wildman–Crippen MR) is 77.0 cm³/mol. The van der Waals surface area contributed by atoms with Gasteiger partial charge in [0.15, 0.2) is 0 Å². The Morgan fingerprint density at radius 3 is 2.16 bits per heavy atom. The third-order valence-electron chi connectivity index (χ3n) is 3.87. The molecule has 19 heavy (non-hydrogen) atoms. The summed E-state index contributed by atoms with van der Waals surface area (Å²) in [6.07, 6.45) is 6.80. The molecule has 0 unspecified atom stereocenters. The molecule has 0 bridgehead atoms. The minimum Gasteiger partial charge on any atom is -0.463 e. The van der Waals surface area contributed by atoms with E-state index in [-0.39, 0.29) is 5.97 Å². The Morgan fingerprint density at radius 2 is 1.63 bits per heavy atom. The number of methoxy groups -OCH3 is 1. The fourth-order valence-electron chi connectivity index (χ4n) is 3.04. The third kappa shape index (κ3) is 7.56. The highest BCUT2D eigenvalue weighted by atomic mass is 16.6.